The number of hydrogen-bond donors (Lipinski definition) is 1. The molecule has 1 N–H and O–H groups in total. The highest BCUT2D eigenvalue weighted by atomic mass is 32.1. The van der Waals surface area contributed by atoms with Gasteiger partial charge in [-0.2, -0.15) is 0 Å². The maximum atomic E-state index is 5.46. The van der Waals surface area contributed by atoms with Crippen LogP contribution in [0.5, 0.6) is 5.75 Å². The van der Waals surface area contributed by atoms with Gasteiger partial charge in [-0.25, -0.2) is 0 Å². The van der Waals surface area contributed by atoms with E-state index in [9.17, 15) is 0 Å². The molecule has 108 valence electrons. The lowest BCUT2D eigenvalue weighted by Crippen LogP contribution is -2.17. The molecule has 0 saturated heterocycles. The summed E-state index contributed by atoms with van der Waals surface area (Å²) in [6.07, 6.45) is 0. The number of aryl methyl sites for hydroxylation is 1. The van der Waals surface area contributed by atoms with Gasteiger partial charge in [-0.05, 0) is 53.6 Å². The molecule has 2 aromatic carbocycles. The van der Waals surface area contributed by atoms with Gasteiger partial charge in [0.05, 0.1) is 13.2 Å². The Balaban J connectivity index is 2.12. The van der Waals surface area contributed by atoms with Gasteiger partial charge in [0.15, 0.2) is 0 Å². The maximum Gasteiger partial charge on any atom is 0.122 e. The second-order valence-corrected chi connectivity index (χ2v) is 6.05. The number of thiophene rings is 1. The van der Waals surface area contributed by atoms with Crippen molar-refractivity contribution in [1.29, 1.82) is 0 Å². The Labute approximate surface area is 129 Å². The van der Waals surface area contributed by atoms with Crippen molar-refractivity contribution in [3.05, 3.63) is 64.5 Å². The molecule has 0 aliphatic rings. The largest absolute Gasteiger partial charge is 0.496 e. The first kappa shape index (κ1) is 14.1. The van der Waals surface area contributed by atoms with Crippen LogP contribution in [0.2, 0.25) is 0 Å². The molecule has 0 spiro atoms. The monoisotopic (exact) mass is 297 g/mol. The second kappa shape index (κ2) is 5.88. The number of benzene rings is 2. The summed E-state index contributed by atoms with van der Waals surface area (Å²) in [5, 5.41) is 6.89. The van der Waals surface area contributed by atoms with Crippen LogP contribution in [0.1, 0.15) is 22.7 Å². The van der Waals surface area contributed by atoms with Crippen LogP contribution >= 0.6 is 11.3 Å². The number of ether oxygens (including phenoxy) is 1. The van der Waals surface area contributed by atoms with Crippen LogP contribution in [0.25, 0.3) is 10.1 Å². The number of nitrogens with one attached hydrogen (secondary N) is 1. The molecule has 3 heteroatoms. The standard InChI is InChI=1S/C18H19NOS/c1-12-7-8-14(11-16(12)20-3)17(19-2)15-6-4-5-13-9-10-21-18(13)15/h4-11,17,19H,1-3H3. The van der Waals surface area contributed by atoms with E-state index in [-0.39, 0.29) is 6.04 Å². The molecule has 1 aromatic heterocycles. The van der Waals surface area contributed by atoms with E-state index < -0.39 is 0 Å². The molecule has 0 bridgehead atoms. The molecule has 0 saturated carbocycles. The van der Waals surface area contributed by atoms with Gasteiger partial charge in [0.1, 0.15) is 5.75 Å². The third-order valence-electron chi connectivity index (χ3n) is 3.87. The van der Waals surface area contributed by atoms with E-state index in [4.69, 9.17) is 4.74 Å². The number of fused-ring (bicyclic) bond motifs is 1. The highest BCUT2D eigenvalue weighted by Gasteiger charge is 2.16. The van der Waals surface area contributed by atoms with Crippen molar-refractivity contribution in [2.24, 2.45) is 0 Å². The van der Waals surface area contributed by atoms with Crippen LogP contribution in [0.4, 0.5) is 0 Å². The Hall–Kier alpha value is -1.84. The van der Waals surface area contributed by atoms with E-state index in [1.54, 1.807) is 18.4 Å². The fourth-order valence-electron chi connectivity index (χ4n) is 2.76. The molecule has 1 heterocycles. The van der Waals surface area contributed by atoms with E-state index in [1.165, 1.54) is 21.2 Å². The van der Waals surface area contributed by atoms with Gasteiger partial charge in [-0.15, -0.1) is 11.3 Å². The van der Waals surface area contributed by atoms with Gasteiger partial charge in [-0.3, -0.25) is 0 Å². The first-order valence-electron chi connectivity index (χ1n) is 7.02. The van der Waals surface area contributed by atoms with Gasteiger partial charge >= 0.3 is 0 Å². The van der Waals surface area contributed by atoms with Crippen molar-refractivity contribution in [1.82, 2.24) is 5.32 Å². The van der Waals surface area contributed by atoms with Crippen LogP contribution in [0.15, 0.2) is 47.8 Å². The SMILES string of the molecule is CNC(c1ccc(C)c(OC)c1)c1cccc2ccsc12. The van der Waals surface area contributed by atoms with E-state index >= 15 is 0 Å². The summed E-state index contributed by atoms with van der Waals surface area (Å²) in [5.74, 6) is 0.936. The quantitative estimate of drug-likeness (QED) is 0.764. The van der Waals surface area contributed by atoms with E-state index in [1.807, 2.05) is 7.05 Å². The highest BCUT2D eigenvalue weighted by molar-refractivity contribution is 7.17. The topological polar surface area (TPSA) is 21.3 Å². The van der Waals surface area contributed by atoms with Crippen molar-refractivity contribution in [2.75, 3.05) is 14.2 Å². The lowest BCUT2D eigenvalue weighted by Gasteiger charge is -2.19. The van der Waals surface area contributed by atoms with E-state index in [0.29, 0.717) is 0 Å². The average Bonchev–Trinajstić information content (AvgIpc) is 2.99. The molecule has 0 radical (unpaired) electrons. The maximum absolute atomic E-state index is 5.46. The molecule has 0 aliphatic carbocycles. The molecule has 2 nitrogen and oxygen atoms in total. The second-order valence-electron chi connectivity index (χ2n) is 5.14. The van der Waals surface area contributed by atoms with Crippen LogP contribution in [0, 0.1) is 6.92 Å². The molecule has 3 aromatic rings. The Morgan fingerprint density at radius 1 is 1.14 bits per heavy atom. The summed E-state index contributed by atoms with van der Waals surface area (Å²) >= 11 is 1.79. The Morgan fingerprint density at radius 2 is 2.00 bits per heavy atom. The minimum absolute atomic E-state index is 0.168. The first-order chi connectivity index (χ1) is 10.2. The fourth-order valence-corrected chi connectivity index (χ4v) is 3.71. The Bertz CT molecular complexity index is 763. The third-order valence-corrected chi connectivity index (χ3v) is 4.85. The van der Waals surface area contributed by atoms with Gasteiger partial charge in [-0.1, -0.05) is 30.3 Å². The van der Waals surface area contributed by atoms with Gasteiger partial charge in [0, 0.05) is 4.70 Å². The fraction of sp³-hybridized carbons (Fsp3) is 0.222. The highest BCUT2D eigenvalue weighted by Crippen LogP contribution is 2.33. The summed E-state index contributed by atoms with van der Waals surface area (Å²) in [5.41, 5.74) is 3.70. The minimum atomic E-state index is 0.168. The van der Waals surface area contributed by atoms with Crippen LogP contribution < -0.4 is 10.1 Å². The third kappa shape index (κ3) is 2.55. The molecule has 0 aliphatic heterocycles. The lowest BCUT2D eigenvalue weighted by molar-refractivity contribution is 0.410. The van der Waals surface area contributed by atoms with Gasteiger partial charge < -0.3 is 10.1 Å². The number of rotatable bonds is 4. The van der Waals surface area contributed by atoms with Gasteiger partial charge in [0.2, 0.25) is 0 Å². The normalized spacial score (nSPS) is 12.5. The summed E-state index contributed by atoms with van der Waals surface area (Å²) in [6.45, 7) is 2.07. The molecule has 0 fully saturated rings. The Morgan fingerprint density at radius 3 is 2.76 bits per heavy atom. The zero-order valence-corrected chi connectivity index (χ0v) is 13.3. The van der Waals surface area contributed by atoms with Gasteiger partial charge in [0.25, 0.3) is 0 Å². The molecule has 1 unspecified atom stereocenters. The zero-order valence-electron chi connectivity index (χ0n) is 12.5. The Kier molecular flexibility index (Phi) is 3.95. The molecule has 1 atom stereocenters. The number of hydrogen-bond acceptors (Lipinski definition) is 3. The van der Waals surface area contributed by atoms with Crippen LogP contribution in [-0.4, -0.2) is 14.2 Å². The summed E-state index contributed by atoms with van der Waals surface area (Å²) in [4.78, 5) is 0. The van der Waals surface area contributed by atoms with Crippen LogP contribution in [-0.2, 0) is 0 Å². The van der Waals surface area contributed by atoms with Crippen molar-refractivity contribution < 1.29 is 4.74 Å². The molecule has 3 rings (SSSR count). The lowest BCUT2D eigenvalue weighted by atomic mass is 9.96. The molecule has 0 amide bonds. The molecular weight excluding hydrogens is 278 g/mol. The zero-order chi connectivity index (χ0) is 14.8. The summed E-state index contributed by atoms with van der Waals surface area (Å²) in [6, 6.07) is 15.2. The smallest absolute Gasteiger partial charge is 0.122 e. The first-order valence-corrected chi connectivity index (χ1v) is 7.90. The van der Waals surface area contributed by atoms with E-state index in [0.717, 1.165) is 11.3 Å². The van der Waals surface area contributed by atoms with E-state index in [2.05, 4.69) is 60.1 Å². The van der Waals surface area contributed by atoms with Crippen molar-refractivity contribution in [2.45, 2.75) is 13.0 Å². The predicted molar refractivity (Wildman–Crippen MR) is 90.5 cm³/mol. The predicted octanol–water partition coefficient (Wildman–Crippen LogP) is 4.53. The number of methoxy groups -OCH3 is 1. The van der Waals surface area contributed by atoms with Crippen molar-refractivity contribution in [3.63, 3.8) is 0 Å². The van der Waals surface area contributed by atoms with Crippen molar-refractivity contribution >= 4 is 21.4 Å². The van der Waals surface area contributed by atoms with Crippen molar-refractivity contribution in [3.8, 4) is 5.75 Å². The molecule has 21 heavy (non-hydrogen) atoms. The molecular formula is C18H19NOS. The van der Waals surface area contributed by atoms with Crippen LogP contribution in [0.3, 0.4) is 0 Å². The average molecular weight is 297 g/mol. The summed E-state index contributed by atoms with van der Waals surface area (Å²) in [7, 11) is 3.73. The summed E-state index contributed by atoms with van der Waals surface area (Å²) < 4.78 is 6.81. The minimum Gasteiger partial charge on any atom is -0.496 e.